The second-order valence-corrected chi connectivity index (χ2v) is 10.7. The van der Waals surface area contributed by atoms with E-state index in [-0.39, 0.29) is 16.4 Å². The molecular weight excluding hydrogens is 501 g/mol. The molecule has 184 valence electrons. The van der Waals surface area contributed by atoms with Crippen molar-refractivity contribution in [3.63, 3.8) is 0 Å². The largest absolute Gasteiger partial charge is 0.416 e. The summed E-state index contributed by atoms with van der Waals surface area (Å²) < 4.78 is 62.8. The second-order valence-electron chi connectivity index (χ2n) is 8.28. The molecule has 0 spiro atoms. The minimum Gasteiger partial charge on any atom is -0.368 e. The third kappa shape index (κ3) is 5.46. The van der Waals surface area contributed by atoms with E-state index in [9.17, 15) is 26.4 Å². The maximum Gasteiger partial charge on any atom is 0.416 e. The van der Waals surface area contributed by atoms with Gasteiger partial charge in [0.25, 0.3) is 5.91 Å². The number of halogens is 4. The SMILES string of the molecule is CS(=O)(=O)c1ccc(-c2ccccc2Cl)c(C(=O)N2CCN(c3ccc(C(F)(F)F)cc3)CC2)c1. The van der Waals surface area contributed by atoms with Crippen LogP contribution in [0.2, 0.25) is 5.02 Å². The van der Waals surface area contributed by atoms with Crippen molar-refractivity contribution in [2.75, 3.05) is 37.3 Å². The monoisotopic (exact) mass is 522 g/mol. The van der Waals surface area contributed by atoms with Crippen molar-refractivity contribution < 1.29 is 26.4 Å². The van der Waals surface area contributed by atoms with E-state index in [1.165, 1.54) is 24.3 Å². The zero-order chi connectivity index (χ0) is 25.4. The molecular formula is C25H22ClF3N2O3S. The van der Waals surface area contributed by atoms with Crippen LogP contribution in [0, 0.1) is 0 Å². The lowest BCUT2D eigenvalue weighted by Crippen LogP contribution is -2.49. The number of hydrogen-bond acceptors (Lipinski definition) is 4. The molecule has 1 heterocycles. The quantitative estimate of drug-likeness (QED) is 0.461. The Hall–Kier alpha value is -3.04. The van der Waals surface area contributed by atoms with Crippen LogP contribution in [0.5, 0.6) is 0 Å². The molecule has 0 aliphatic carbocycles. The van der Waals surface area contributed by atoms with Gasteiger partial charge in [-0.15, -0.1) is 0 Å². The van der Waals surface area contributed by atoms with Crippen molar-refractivity contribution in [1.29, 1.82) is 0 Å². The number of amides is 1. The Bertz CT molecular complexity index is 1350. The standard InChI is InChI=1S/C25H22ClF3N2O3S/c1-35(33,34)19-10-11-20(21-4-2-3-5-23(21)26)22(16-19)24(32)31-14-12-30(13-15-31)18-8-6-17(7-9-18)25(27,28)29/h2-11,16H,12-15H2,1H3. The van der Waals surface area contributed by atoms with Gasteiger partial charge in [-0.25, -0.2) is 8.42 Å². The van der Waals surface area contributed by atoms with Crippen molar-refractivity contribution in [2.24, 2.45) is 0 Å². The van der Waals surface area contributed by atoms with E-state index in [4.69, 9.17) is 11.6 Å². The highest BCUT2D eigenvalue weighted by Crippen LogP contribution is 2.33. The first kappa shape index (κ1) is 25.1. The molecule has 4 rings (SSSR count). The second kappa shape index (κ2) is 9.54. The number of carbonyl (C=O) groups is 1. The van der Waals surface area contributed by atoms with E-state index >= 15 is 0 Å². The van der Waals surface area contributed by atoms with Gasteiger partial charge in [-0.1, -0.05) is 35.9 Å². The lowest BCUT2D eigenvalue weighted by molar-refractivity contribution is -0.137. The molecule has 1 aliphatic rings. The number of rotatable bonds is 4. The molecule has 0 unspecified atom stereocenters. The molecule has 1 fully saturated rings. The van der Waals surface area contributed by atoms with E-state index in [1.54, 1.807) is 35.2 Å². The highest BCUT2D eigenvalue weighted by Gasteiger charge is 2.31. The molecule has 0 N–H and O–H groups in total. The lowest BCUT2D eigenvalue weighted by atomic mass is 9.98. The van der Waals surface area contributed by atoms with Gasteiger partial charge >= 0.3 is 6.18 Å². The average molecular weight is 523 g/mol. The fourth-order valence-electron chi connectivity index (χ4n) is 4.04. The van der Waals surface area contributed by atoms with Crippen molar-refractivity contribution in [3.05, 3.63) is 82.9 Å². The summed E-state index contributed by atoms with van der Waals surface area (Å²) in [5, 5.41) is 0.431. The van der Waals surface area contributed by atoms with Gasteiger partial charge in [-0.3, -0.25) is 4.79 Å². The van der Waals surface area contributed by atoms with E-state index in [1.807, 2.05) is 4.90 Å². The Morgan fingerprint density at radius 1 is 0.886 bits per heavy atom. The number of hydrogen-bond donors (Lipinski definition) is 0. The number of carbonyl (C=O) groups excluding carboxylic acids is 1. The van der Waals surface area contributed by atoms with Gasteiger partial charge in [0.1, 0.15) is 0 Å². The molecule has 0 atom stereocenters. The number of piperazine rings is 1. The van der Waals surface area contributed by atoms with Gasteiger partial charge in [0.2, 0.25) is 0 Å². The highest BCUT2D eigenvalue weighted by molar-refractivity contribution is 7.90. The molecule has 1 amide bonds. The van der Waals surface area contributed by atoms with Gasteiger partial charge in [-0.2, -0.15) is 13.2 Å². The Morgan fingerprint density at radius 3 is 2.09 bits per heavy atom. The summed E-state index contributed by atoms with van der Waals surface area (Å²) in [6.45, 7) is 1.49. The summed E-state index contributed by atoms with van der Waals surface area (Å²) in [6.07, 6.45) is -3.32. The Labute approximate surface area is 206 Å². The molecule has 5 nitrogen and oxygen atoms in total. The van der Waals surface area contributed by atoms with Crippen molar-refractivity contribution in [3.8, 4) is 11.1 Å². The van der Waals surface area contributed by atoms with E-state index in [0.717, 1.165) is 18.4 Å². The lowest BCUT2D eigenvalue weighted by Gasteiger charge is -2.36. The molecule has 1 saturated heterocycles. The third-order valence-electron chi connectivity index (χ3n) is 5.94. The zero-order valence-electron chi connectivity index (χ0n) is 18.7. The van der Waals surface area contributed by atoms with E-state index in [0.29, 0.717) is 48.0 Å². The van der Waals surface area contributed by atoms with Crippen LogP contribution in [-0.4, -0.2) is 51.7 Å². The van der Waals surface area contributed by atoms with Gasteiger partial charge < -0.3 is 9.80 Å². The maximum atomic E-state index is 13.5. The van der Waals surface area contributed by atoms with Crippen LogP contribution < -0.4 is 4.90 Å². The summed E-state index contributed by atoms with van der Waals surface area (Å²) in [7, 11) is -3.55. The minimum absolute atomic E-state index is 0.0278. The first-order chi connectivity index (χ1) is 16.4. The number of alkyl halides is 3. The zero-order valence-corrected chi connectivity index (χ0v) is 20.3. The molecule has 0 saturated carbocycles. The van der Waals surface area contributed by atoms with Gasteiger partial charge in [0, 0.05) is 54.3 Å². The number of anilines is 1. The molecule has 35 heavy (non-hydrogen) atoms. The molecule has 0 radical (unpaired) electrons. The maximum absolute atomic E-state index is 13.5. The van der Waals surface area contributed by atoms with Crippen molar-refractivity contribution in [2.45, 2.75) is 11.1 Å². The van der Waals surface area contributed by atoms with Gasteiger partial charge in [0.05, 0.1) is 10.5 Å². The predicted molar refractivity (Wildman–Crippen MR) is 130 cm³/mol. The van der Waals surface area contributed by atoms with Crippen LogP contribution in [0.15, 0.2) is 71.6 Å². The Balaban J connectivity index is 1.58. The summed E-state index contributed by atoms with van der Waals surface area (Å²) in [5.74, 6) is -0.336. The number of nitrogens with zero attached hydrogens (tertiary/aromatic N) is 2. The highest BCUT2D eigenvalue weighted by atomic mass is 35.5. The average Bonchev–Trinajstić information content (AvgIpc) is 2.83. The number of benzene rings is 3. The first-order valence-corrected chi connectivity index (χ1v) is 13.0. The fourth-order valence-corrected chi connectivity index (χ4v) is 4.93. The fraction of sp³-hybridized carbons (Fsp3) is 0.240. The van der Waals surface area contributed by atoms with Crippen LogP contribution >= 0.6 is 11.6 Å². The van der Waals surface area contributed by atoms with Crippen LogP contribution in [0.4, 0.5) is 18.9 Å². The molecule has 0 aromatic heterocycles. The normalized spacial score (nSPS) is 14.8. The predicted octanol–water partition coefficient (Wildman–Crippen LogP) is 5.39. The molecule has 3 aromatic carbocycles. The Morgan fingerprint density at radius 2 is 1.51 bits per heavy atom. The molecule has 10 heteroatoms. The molecule has 1 aliphatic heterocycles. The van der Waals surface area contributed by atoms with Crippen LogP contribution in [0.25, 0.3) is 11.1 Å². The molecule has 3 aromatic rings. The summed E-state index contributed by atoms with van der Waals surface area (Å²) in [5.41, 5.74) is 1.29. The smallest absolute Gasteiger partial charge is 0.368 e. The minimum atomic E-state index is -4.40. The van der Waals surface area contributed by atoms with E-state index < -0.39 is 21.6 Å². The van der Waals surface area contributed by atoms with Crippen LogP contribution in [0.1, 0.15) is 15.9 Å². The topological polar surface area (TPSA) is 57.7 Å². The van der Waals surface area contributed by atoms with Gasteiger partial charge in [0.15, 0.2) is 9.84 Å². The van der Waals surface area contributed by atoms with Crippen LogP contribution in [0.3, 0.4) is 0 Å². The summed E-state index contributed by atoms with van der Waals surface area (Å²) >= 11 is 6.36. The van der Waals surface area contributed by atoms with Crippen molar-refractivity contribution in [1.82, 2.24) is 4.90 Å². The first-order valence-electron chi connectivity index (χ1n) is 10.8. The third-order valence-corrected chi connectivity index (χ3v) is 7.38. The Kier molecular flexibility index (Phi) is 6.83. The van der Waals surface area contributed by atoms with Crippen molar-refractivity contribution >= 4 is 33.0 Å². The summed E-state index contributed by atoms with van der Waals surface area (Å²) in [6, 6.07) is 16.3. The van der Waals surface area contributed by atoms with E-state index in [2.05, 4.69) is 0 Å². The number of sulfone groups is 1. The van der Waals surface area contributed by atoms with Gasteiger partial charge in [-0.05, 0) is 48.0 Å². The summed E-state index contributed by atoms with van der Waals surface area (Å²) in [4.78, 5) is 17.1. The molecule has 0 bridgehead atoms. The van der Waals surface area contributed by atoms with Crippen LogP contribution in [-0.2, 0) is 16.0 Å².